The van der Waals surface area contributed by atoms with E-state index in [2.05, 4.69) is 15.1 Å². The molecular weight excluding hydrogens is 394 g/mol. The average Bonchev–Trinajstić information content (AvgIpc) is 3.52. The van der Waals surface area contributed by atoms with E-state index >= 15 is 0 Å². The lowest BCUT2D eigenvalue weighted by molar-refractivity contribution is -0.0178. The summed E-state index contributed by atoms with van der Waals surface area (Å²) in [5, 5.41) is 8.32. The summed E-state index contributed by atoms with van der Waals surface area (Å²) < 4.78 is 13.3. The number of anilines is 2. The minimum Gasteiger partial charge on any atom is -0.370 e. The zero-order valence-corrected chi connectivity index (χ0v) is 16.5. The summed E-state index contributed by atoms with van der Waals surface area (Å²) >= 11 is 6.39. The lowest BCUT2D eigenvalue weighted by Crippen LogP contribution is -2.42. The molecule has 0 spiro atoms. The Bertz CT molecular complexity index is 1120. The number of fused-ring (bicyclic) bond motifs is 6. The lowest BCUT2D eigenvalue weighted by Gasteiger charge is -2.35. The molecular formula is C19H18ClN7O2. The Hall–Kier alpha value is -2.91. The molecule has 0 amide bonds. The van der Waals surface area contributed by atoms with Crippen LogP contribution in [0.2, 0.25) is 5.28 Å². The predicted octanol–water partition coefficient (Wildman–Crippen LogP) is 3.61. The van der Waals surface area contributed by atoms with Crippen LogP contribution >= 0.6 is 11.6 Å². The van der Waals surface area contributed by atoms with Gasteiger partial charge in [0, 0.05) is 12.7 Å². The van der Waals surface area contributed by atoms with Crippen LogP contribution in [0.4, 0.5) is 11.8 Å². The third-order valence-corrected chi connectivity index (χ3v) is 6.26. The Morgan fingerprint density at radius 2 is 2.07 bits per heavy atom. The maximum atomic E-state index is 6.39. The molecule has 2 aromatic heterocycles. The molecule has 10 heteroatoms. The minimum atomic E-state index is -0.475. The number of ether oxygens (including phenoxy) is 1. The first kappa shape index (κ1) is 17.0. The van der Waals surface area contributed by atoms with Crippen LogP contribution in [0.3, 0.4) is 0 Å². The van der Waals surface area contributed by atoms with Gasteiger partial charge in [-0.15, -0.1) is 0 Å². The maximum Gasteiger partial charge on any atom is 0.348 e. The van der Waals surface area contributed by atoms with Gasteiger partial charge in [-0.25, -0.2) is 15.0 Å². The topological polar surface area (TPSA) is 84.8 Å². The van der Waals surface area contributed by atoms with Gasteiger partial charge in [0.1, 0.15) is 11.9 Å². The Labute approximate surface area is 171 Å². The fourth-order valence-corrected chi connectivity index (χ4v) is 4.75. The van der Waals surface area contributed by atoms with Crippen molar-refractivity contribution in [3.05, 3.63) is 47.1 Å². The third-order valence-electron chi connectivity index (χ3n) is 5.99. The number of nitrogens with zero attached hydrogens (tertiary/aromatic N) is 7. The third kappa shape index (κ3) is 2.25. The molecule has 1 saturated carbocycles. The SMILES string of the molecule is COC1(c2noc(N3C=NC4c5ccccc5-n5c(cnc5Cl)N43)n2)CCCC1. The molecule has 0 radical (unpaired) electrons. The predicted molar refractivity (Wildman–Crippen MR) is 106 cm³/mol. The number of aliphatic imine (C=N–C) groups is 1. The Morgan fingerprint density at radius 1 is 1.24 bits per heavy atom. The Morgan fingerprint density at radius 3 is 2.90 bits per heavy atom. The molecule has 29 heavy (non-hydrogen) atoms. The summed E-state index contributed by atoms with van der Waals surface area (Å²) in [7, 11) is 1.71. The molecule has 1 atom stereocenters. The second kappa shape index (κ2) is 6.04. The van der Waals surface area contributed by atoms with Crippen LogP contribution in [0, 0.1) is 0 Å². The molecule has 6 rings (SSSR count). The summed E-state index contributed by atoms with van der Waals surface area (Å²) in [6.07, 6.45) is 7.11. The van der Waals surface area contributed by atoms with Gasteiger partial charge in [-0.2, -0.15) is 9.99 Å². The molecule has 4 heterocycles. The van der Waals surface area contributed by atoms with Gasteiger partial charge in [0.2, 0.25) is 11.1 Å². The zero-order valence-electron chi connectivity index (χ0n) is 15.7. The standard InChI is InChI=1S/C19H18ClN7O2/c1-28-19(8-4-5-9-19)16-23-18(29-24-16)25-11-22-15-12-6-2-3-7-13(12)26-14(27(15)25)10-21-17(26)20/h2-3,6-7,10-11,15H,4-5,8-9H2,1H3. The number of hydrogen-bond donors (Lipinski definition) is 0. The number of halogens is 1. The summed E-state index contributed by atoms with van der Waals surface area (Å²) in [4.78, 5) is 13.7. The summed E-state index contributed by atoms with van der Waals surface area (Å²) in [6.45, 7) is 0. The van der Waals surface area contributed by atoms with Crippen molar-refractivity contribution in [2.75, 3.05) is 17.1 Å². The van der Waals surface area contributed by atoms with Crippen molar-refractivity contribution in [1.29, 1.82) is 0 Å². The fraction of sp³-hybridized carbons (Fsp3) is 0.368. The Kier molecular flexibility index (Phi) is 3.54. The van der Waals surface area contributed by atoms with Crippen molar-refractivity contribution in [2.24, 2.45) is 4.99 Å². The molecule has 0 bridgehead atoms. The summed E-state index contributed by atoms with van der Waals surface area (Å²) in [5.74, 6) is 1.35. The van der Waals surface area contributed by atoms with Crippen molar-refractivity contribution in [3.63, 3.8) is 0 Å². The van der Waals surface area contributed by atoms with E-state index in [-0.39, 0.29) is 6.17 Å². The summed E-state index contributed by atoms with van der Waals surface area (Å²) in [5.41, 5.74) is 1.50. The number of benzene rings is 1. The maximum absolute atomic E-state index is 6.39. The number of imidazole rings is 1. The highest BCUT2D eigenvalue weighted by Crippen LogP contribution is 2.45. The van der Waals surface area contributed by atoms with E-state index in [4.69, 9.17) is 25.9 Å². The molecule has 3 aromatic rings. The van der Waals surface area contributed by atoms with E-state index in [0.29, 0.717) is 17.1 Å². The van der Waals surface area contributed by atoms with Gasteiger partial charge in [0.25, 0.3) is 0 Å². The van der Waals surface area contributed by atoms with Crippen molar-refractivity contribution in [1.82, 2.24) is 19.7 Å². The van der Waals surface area contributed by atoms with Gasteiger partial charge >= 0.3 is 6.01 Å². The molecule has 1 fully saturated rings. The number of aromatic nitrogens is 4. The van der Waals surface area contributed by atoms with E-state index in [0.717, 1.165) is 42.8 Å². The first-order valence-electron chi connectivity index (χ1n) is 9.55. The Balaban J connectivity index is 1.43. The highest BCUT2D eigenvalue weighted by atomic mass is 35.5. The van der Waals surface area contributed by atoms with Crippen molar-refractivity contribution >= 4 is 29.8 Å². The molecule has 1 aliphatic carbocycles. The van der Waals surface area contributed by atoms with E-state index in [9.17, 15) is 0 Å². The van der Waals surface area contributed by atoms with Gasteiger partial charge < -0.3 is 9.26 Å². The second-order valence-corrected chi connectivity index (χ2v) is 7.75. The van der Waals surface area contributed by atoms with E-state index in [1.165, 1.54) is 0 Å². The van der Waals surface area contributed by atoms with Crippen molar-refractivity contribution < 1.29 is 9.26 Å². The molecule has 1 aromatic carbocycles. The smallest absolute Gasteiger partial charge is 0.348 e. The minimum absolute atomic E-state index is 0.260. The molecule has 1 unspecified atom stereocenters. The van der Waals surface area contributed by atoms with Gasteiger partial charge in [-0.05, 0) is 43.4 Å². The van der Waals surface area contributed by atoms with Crippen LogP contribution in [0.15, 0.2) is 40.0 Å². The molecule has 148 valence electrons. The number of hydrogen-bond acceptors (Lipinski definition) is 8. The van der Waals surface area contributed by atoms with E-state index in [1.54, 1.807) is 24.7 Å². The highest BCUT2D eigenvalue weighted by molar-refractivity contribution is 6.29. The first-order valence-corrected chi connectivity index (χ1v) is 9.93. The highest BCUT2D eigenvalue weighted by Gasteiger charge is 2.44. The quantitative estimate of drug-likeness (QED) is 0.650. The molecule has 9 nitrogen and oxygen atoms in total. The lowest BCUT2D eigenvalue weighted by atomic mass is 10.0. The number of para-hydroxylation sites is 1. The second-order valence-electron chi connectivity index (χ2n) is 7.41. The van der Waals surface area contributed by atoms with Gasteiger partial charge in [0.15, 0.2) is 12.0 Å². The van der Waals surface area contributed by atoms with Crippen LogP contribution in [-0.2, 0) is 10.3 Å². The van der Waals surface area contributed by atoms with E-state index < -0.39 is 5.60 Å². The largest absolute Gasteiger partial charge is 0.370 e. The average molecular weight is 412 g/mol. The number of methoxy groups -OCH3 is 1. The van der Waals surface area contributed by atoms with Crippen LogP contribution < -0.4 is 10.0 Å². The first-order chi connectivity index (χ1) is 14.2. The van der Waals surface area contributed by atoms with Crippen molar-refractivity contribution in [2.45, 2.75) is 37.5 Å². The molecule has 3 aliphatic rings. The fourth-order valence-electron chi connectivity index (χ4n) is 4.53. The van der Waals surface area contributed by atoms with Gasteiger partial charge in [-0.3, -0.25) is 4.57 Å². The molecule has 2 aliphatic heterocycles. The van der Waals surface area contributed by atoms with E-state index in [1.807, 2.05) is 33.8 Å². The zero-order chi connectivity index (χ0) is 19.6. The normalized spacial score (nSPS) is 21.4. The van der Waals surface area contributed by atoms with Crippen LogP contribution in [0.1, 0.15) is 43.2 Å². The van der Waals surface area contributed by atoms with Crippen LogP contribution in [-0.4, -0.2) is 33.1 Å². The van der Waals surface area contributed by atoms with Crippen LogP contribution in [0.25, 0.3) is 5.69 Å². The number of hydrazine groups is 1. The van der Waals surface area contributed by atoms with Gasteiger partial charge in [0.05, 0.1) is 11.9 Å². The summed E-state index contributed by atoms with van der Waals surface area (Å²) in [6, 6.07) is 8.33. The molecule has 0 saturated heterocycles. The monoisotopic (exact) mass is 411 g/mol. The van der Waals surface area contributed by atoms with Crippen molar-refractivity contribution in [3.8, 4) is 5.69 Å². The number of rotatable bonds is 3. The van der Waals surface area contributed by atoms with Gasteiger partial charge in [-0.1, -0.05) is 23.4 Å². The van der Waals surface area contributed by atoms with Crippen LogP contribution in [0.5, 0.6) is 0 Å². The molecule has 0 N–H and O–H groups in total.